The van der Waals surface area contributed by atoms with Crippen molar-refractivity contribution in [2.75, 3.05) is 0 Å². The number of amides is 1. The first-order chi connectivity index (χ1) is 14.8. The molecule has 0 heterocycles. The van der Waals surface area contributed by atoms with Gasteiger partial charge in [-0.3, -0.25) is 34.1 Å². The Balaban J connectivity index is 1.94. The van der Waals surface area contributed by atoms with Crippen LogP contribution in [0.1, 0.15) is 35.7 Å². The number of nitrogens with two attached hydrogens (primary N) is 1. The fraction of sp³-hybridized carbons (Fsp3) is 0.450. The number of aromatic hydroxyl groups is 1. The van der Waals surface area contributed by atoms with Crippen molar-refractivity contribution in [2.45, 2.75) is 31.0 Å². The van der Waals surface area contributed by atoms with E-state index in [1.807, 2.05) is 0 Å². The van der Waals surface area contributed by atoms with Gasteiger partial charge < -0.3 is 21.1 Å². The molecule has 1 amide bonds. The SMILES string of the molecule is C[C@@]1(O)c2c([N+](=O)[O-])ccc(O)c2C(=O)C2C(=O)[C@]3(O)C(=O)C(C(N)=O)C(=O)C[C@@H]3C[C@@H]21. The average Bonchev–Trinajstić information content (AvgIpc) is 2.68. The Bertz CT molecular complexity index is 1160. The predicted octanol–water partition coefficient (Wildman–Crippen LogP) is -1.10. The van der Waals surface area contributed by atoms with Gasteiger partial charge in [0, 0.05) is 24.3 Å². The summed E-state index contributed by atoms with van der Waals surface area (Å²) in [5, 5.41) is 44.2. The van der Waals surface area contributed by atoms with Gasteiger partial charge in [0.25, 0.3) is 5.69 Å². The molecule has 0 radical (unpaired) electrons. The Morgan fingerprint density at radius 2 is 1.81 bits per heavy atom. The maximum Gasteiger partial charge on any atom is 0.276 e. The Labute approximate surface area is 179 Å². The lowest BCUT2D eigenvalue weighted by Gasteiger charge is -2.52. The van der Waals surface area contributed by atoms with Gasteiger partial charge >= 0.3 is 0 Å². The van der Waals surface area contributed by atoms with Crippen molar-refractivity contribution in [1.82, 2.24) is 0 Å². The van der Waals surface area contributed by atoms with Gasteiger partial charge in [0.1, 0.15) is 5.75 Å². The first-order valence-electron chi connectivity index (χ1n) is 9.66. The Morgan fingerprint density at radius 3 is 2.38 bits per heavy atom. The van der Waals surface area contributed by atoms with Crippen LogP contribution in [0.5, 0.6) is 5.75 Å². The number of Topliss-reactive ketones (excluding diaryl/α,β-unsaturated/α-hetero) is 4. The molecule has 0 aliphatic heterocycles. The highest BCUT2D eigenvalue weighted by Crippen LogP contribution is 2.56. The molecule has 0 aromatic heterocycles. The molecule has 0 saturated heterocycles. The summed E-state index contributed by atoms with van der Waals surface area (Å²) in [4.78, 5) is 74.1. The minimum Gasteiger partial charge on any atom is -0.507 e. The van der Waals surface area contributed by atoms with Gasteiger partial charge in [0.2, 0.25) is 5.91 Å². The smallest absolute Gasteiger partial charge is 0.276 e. The van der Waals surface area contributed by atoms with Crippen LogP contribution in [0.15, 0.2) is 12.1 Å². The highest BCUT2D eigenvalue weighted by molar-refractivity contribution is 6.31. The first kappa shape index (κ1) is 21.7. The number of aliphatic hydroxyl groups is 2. The molecule has 0 bridgehead atoms. The third-order valence-corrected chi connectivity index (χ3v) is 7.00. The molecule has 2 fully saturated rings. The Kier molecular flexibility index (Phi) is 4.41. The normalized spacial score (nSPS) is 36.2. The monoisotopic (exact) mass is 446 g/mol. The topological polar surface area (TPSA) is 215 Å². The van der Waals surface area contributed by atoms with Gasteiger partial charge in [-0.2, -0.15) is 0 Å². The second-order valence-corrected chi connectivity index (χ2v) is 8.64. The van der Waals surface area contributed by atoms with E-state index in [4.69, 9.17) is 5.73 Å². The lowest BCUT2D eigenvalue weighted by atomic mass is 9.51. The summed E-state index contributed by atoms with van der Waals surface area (Å²) in [6.07, 6.45) is -0.995. The predicted molar refractivity (Wildman–Crippen MR) is 101 cm³/mol. The molecule has 2 saturated carbocycles. The number of nitro groups is 1. The molecule has 12 nitrogen and oxygen atoms in total. The maximum absolute atomic E-state index is 13.4. The molecule has 1 aromatic rings. The van der Waals surface area contributed by atoms with Crippen LogP contribution in [-0.2, 0) is 24.8 Å². The number of carbonyl (C=O) groups is 5. The van der Waals surface area contributed by atoms with Gasteiger partial charge in [-0.15, -0.1) is 0 Å². The van der Waals surface area contributed by atoms with E-state index in [-0.39, 0.29) is 0 Å². The second-order valence-electron chi connectivity index (χ2n) is 8.64. The summed E-state index contributed by atoms with van der Waals surface area (Å²) >= 11 is 0. The zero-order valence-electron chi connectivity index (χ0n) is 16.6. The number of rotatable bonds is 2. The van der Waals surface area contributed by atoms with Gasteiger partial charge in [-0.25, -0.2) is 0 Å². The summed E-state index contributed by atoms with van der Waals surface area (Å²) in [5.41, 5.74) is -1.80. The number of nitro benzene ring substituents is 1. The quantitative estimate of drug-likeness (QED) is 0.244. The summed E-state index contributed by atoms with van der Waals surface area (Å²) in [5.74, 6) is -13.5. The van der Waals surface area contributed by atoms with Crippen LogP contribution in [0.3, 0.4) is 0 Å². The molecular formula is C20H18N2O10. The maximum atomic E-state index is 13.4. The molecule has 2 unspecified atom stereocenters. The lowest BCUT2D eigenvalue weighted by molar-refractivity contribution is -0.387. The van der Waals surface area contributed by atoms with Crippen LogP contribution in [0, 0.1) is 33.8 Å². The van der Waals surface area contributed by atoms with E-state index in [0.29, 0.717) is 0 Å². The van der Waals surface area contributed by atoms with E-state index in [1.165, 1.54) is 0 Å². The van der Waals surface area contributed by atoms with E-state index >= 15 is 0 Å². The van der Waals surface area contributed by atoms with Crippen LogP contribution in [0.2, 0.25) is 0 Å². The number of phenols is 1. The number of ketones is 4. The minimum atomic E-state index is -2.88. The van der Waals surface area contributed by atoms with Crippen molar-refractivity contribution < 1.29 is 44.2 Å². The summed E-state index contributed by atoms with van der Waals surface area (Å²) in [6.45, 7) is 1.12. The van der Waals surface area contributed by atoms with E-state index in [1.54, 1.807) is 0 Å². The highest BCUT2D eigenvalue weighted by Gasteiger charge is 2.69. The lowest BCUT2D eigenvalue weighted by Crippen LogP contribution is -2.70. The van der Waals surface area contributed by atoms with Gasteiger partial charge in [0.15, 0.2) is 34.7 Å². The number of fused-ring (bicyclic) bond motifs is 3. The molecular weight excluding hydrogens is 428 g/mol. The van der Waals surface area contributed by atoms with Crippen LogP contribution in [0.4, 0.5) is 5.69 Å². The Morgan fingerprint density at radius 1 is 1.19 bits per heavy atom. The van der Waals surface area contributed by atoms with E-state index < -0.39 is 104 Å². The molecule has 5 N–H and O–H groups in total. The highest BCUT2D eigenvalue weighted by atomic mass is 16.6. The molecule has 3 aliphatic rings. The number of hydrogen-bond acceptors (Lipinski definition) is 10. The Hall–Kier alpha value is -3.51. The van der Waals surface area contributed by atoms with Crippen molar-refractivity contribution in [3.63, 3.8) is 0 Å². The number of carbonyl (C=O) groups excluding carboxylic acids is 5. The molecule has 1 aromatic carbocycles. The molecule has 32 heavy (non-hydrogen) atoms. The molecule has 4 rings (SSSR count). The largest absolute Gasteiger partial charge is 0.507 e. The van der Waals surface area contributed by atoms with Crippen LogP contribution in [0.25, 0.3) is 0 Å². The summed E-state index contributed by atoms with van der Waals surface area (Å²) < 4.78 is 0. The number of phenolic OH excluding ortho intramolecular Hbond substituents is 1. The van der Waals surface area contributed by atoms with Crippen LogP contribution in [-0.4, -0.2) is 54.9 Å². The fourth-order valence-electron chi connectivity index (χ4n) is 5.49. The molecule has 168 valence electrons. The average molecular weight is 446 g/mol. The van der Waals surface area contributed by atoms with Gasteiger partial charge in [-0.05, 0) is 19.4 Å². The van der Waals surface area contributed by atoms with Crippen LogP contribution >= 0.6 is 0 Å². The molecule has 3 aliphatic carbocycles. The number of primary amides is 1. The summed E-state index contributed by atoms with van der Waals surface area (Å²) in [6, 6.07) is 1.77. The van der Waals surface area contributed by atoms with Crippen molar-refractivity contribution >= 4 is 34.7 Å². The fourth-order valence-corrected chi connectivity index (χ4v) is 5.49. The van der Waals surface area contributed by atoms with Crippen molar-refractivity contribution in [1.29, 1.82) is 0 Å². The summed E-state index contributed by atoms with van der Waals surface area (Å²) in [7, 11) is 0. The minimum absolute atomic E-state index is 0.402. The number of hydrogen-bond donors (Lipinski definition) is 4. The van der Waals surface area contributed by atoms with Crippen molar-refractivity contribution in [3.8, 4) is 5.75 Å². The van der Waals surface area contributed by atoms with E-state index in [2.05, 4.69) is 0 Å². The molecule has 0 spiro atoms. The van der Waals surface area contributed by atoms with Crippen molar-refractivity contribution in [2.24, 2.45) is 29.4 Å². The van der Waals surface area contributed by atoms with Crippen LogP contribution < -0.4 is 5.73 Å². The van der Waals surface area contributed by atoms with Gasteiger partial charge in [0.05, 0.1) is 27.6 Å². The number of nitrogens with zero attached hydrogens (tertiary/aromatic N) is 1. The zero-order chi connectivity index (χ0) is 23.9. The second kappa shape index (κ2) is 6.50. The van der Waals surface area contributed by atoms with E-state index in [9.17, 15) is 49.4 Å². The molecule has 6 atom stereocenters. The zero-order valence-corrected chi connectivity index (χ0v) is 16.6. The van der Waals surface area contributed by atoms with E-state index in [0.717, 1.165) is 19.1 Å². The standard InChI is InChI=1S/C20H18N2O10/c1-19(29)7-4-6-5-10(24)13(18(21)28)17(27)20(6,30)16(26)11(7)15(25)12-9(23)3-2-8(14(12)19)22(31)32/h2-3,6-7,11,13,23,29-30H,4-5H2,1H3,(H2,21,28)/t6-,7-,11?,13?,19-,20-/m0/s1. The van der Waals surface area contributed by atoms with Gasteiger partial charge in [-0.1, -0.05) is 0 Å². The van der Waals surface area contributed by atoms with Crippen molar-refractivity contribution in [3.05, 3.63) is 33.4 Å². The third-order valence-electron chi connectivity index (χ3n) is 7.00. The third kappa shape index (κ3) is 2.47. The number of benzene rings is 1. The first-order valence-corrected chi connectivity index (χ1v) is 9.66. The molecule has 12 heteroatoms.